The number of nitrogens with zero attached hydrogens (tertiary/aromatic N) is 4. The highest BCUT2D eigenvalue weighted by Gasteiger charge is 2.19. The topological polar surface area (TPSA) is 93.5 Å². The van der Waals surface area contributed by atoms with Crippen LogP contribution in [-0.2, 0) is 16.4 Å². The first-order valence-corrected chi connectivity index (χ1v) is 10.7. The number of rotatable bonds is 5. The van der Waals surface area contributed by atoms with Gasteiger partial charge in [-0.2, -0.15) is 5.10 Å². The predicted molar refractivity (Wildman–Crippen MR) is 111 cm³/mol. The number of benzene rings is 1. The van der Waals surface area contributed by atoms with E-state index in [4.69, 9.17) is 4.98 Å². The fourth-order valence-electron chi connectivity index (χ4n) is 3.01. The van der Waals surface area contributed by atoms with Crippen molar-refractivity contribution in [3.63, 3.8) is 0 Å². The molecule has 28 heavy (non-hydrogen) atoms. The Balaban J connectivity index is 0.00000240. The molecule has 4 rings (SSSR count). The molecule has 1 N–H and O–H groups in total. The van der Waals surface area contributed by atoms with Crippen LogP contribution in [0.5, 0.6) is 0 Å². The fraction of sp³-hybridized carbons (Fsp3) is 0.250. The van der Waals surface area contributed by atoms with Gasteiger partial charge in [-0.15, -0.1) is 0 Å². The number of fused-ring (bicyclic) bond motifs is 1. The van der Waals surface area contributed by atoms with Gasteiger partial charge < -0.3 is 4.98 Å². The van der Waals surface area contributed by atoms with Crippen LogP contribution in [-0.4, -0.2) is 38.4 Å². The lowest BCUT2D eigenvalue weighted by Crippen LogP contribution is -2.13. The fourth-order valence-corrected chi connectivity index (χ4v) is 4.07. The first kappa shape index (κ1) is 18.4. The van der Waals surface area contributed by atoms with Gasteiger partial charge >= 0.3 is 0 Å². The van der Waals surface area contributed by atoms with Crippen molar-refractivity contribution in [3.05, 3.63) is 49.1 Å². The van der Waals surface area contributed by atoms with Crippen LogP contribution in [0.1, 0.15) is 22.2 Å². The van der Waals surface area contributed by atoms with Crippen LogP contribution in [0.25, 0.3) is 33.5 Å². The number of hydrogen-bond acceptors (Lipinski definition) is 5. The quantitative estimate of drug-likeness (QED) is 0.550. The lowest BCUT2D eigenvalue weighted by molar-refractivity contribution is 0.587. The molecular formula is C20H23N5O2S. The van der Waals surface area contributed by atoms with Crippen molar-refractivity contribution in [3.8, 4) is 22.4 Å². The zero-order valence-electron chi connectivity index (χ0n) is 15.9. The molecule has 0 unspecified atom stereocenters. The van der Waals surface area contributed by atoms with E-state index in [-0.39, 0.29) is 1.43 Å². The van der Waals surface area contributed by atoms with Gasteiger partial charge in [-0.1, -0.05) is 12.1 Å². The third kappa shape index (κ3) is 3.09. The highest BCUT2D eigenvalue weighted by atomic mass is 32.2. The average molecular weight is 398 g/mol. The summed E-state index contributed by atoms with van der Waals surface area (Å²) in [6.45, 7) is 6.19. The Morgan fingerprint density at radius 3 is 2.54 bits per heavy atom. The van der Waals surface area contributed by atoms with E-state index in [0.717, 1.165) is 28.8 Å². The van der Waals surface area contributed by atoms with E-state index in [1.165, 1.54) is 0 Å². The van der Waals surface area contributed by atoms with E-state index in [0.29, 0.717) is 16.2 Å². The molecule has 4 aromatic rings. The summed E-state index contributed by atoms with van der Waals surface area (Å²) in [6, 6.07) is 6.79. The van der Waals surface area contributed by atoms with Crippen molar-refractivity contribution >= 4 is 21.0 Å². The number of aromatic nitrogens is 5. The van der Waals surface area contributed by atoms with Crippen LogP contribution in [0, 0.1) is 0 Å². The standard InChI is InChI=1S/C20H21N5O2S.H2/c1-4-25-12-15(9-23-25)17-10-21-20-19(17)24-18(11-22-20)14-5-7-16(8-6-14)28(26,27)13(2)3;/h5-13H,4H2,1-3H3,(H,21,22);1H. The van der Waals surface area contributed by atoms with Crippen LogP contribution in [0.4, 0.5) is 0 Å². The number of H-pyrrole nitrogens is 1. The second-order valence-corrected chi connectivity index (χ2v) is 9.36. The SMILES string of the molecule is CCn1cc(-c2c[nH]c3ncc(-c4ccc(S(=O)(=O)C(C)C)cc4)nc23)cn1.[HH]. The summed E-state index contributed by atoms with van der Waals surface area (Å²) in [7, 11) is -3.29. The van der Waals surface area contributed by atoms with E-state index < -0.39 is 15.1 Å². The van der Waals surface area contributed by atoms with E-state index >= 15 is 0 Å². The lowest BCUT2D eigenvalue weighted by atomic mass is 10.1. The first-order chi connectivity index (χ1) is 13.4. The van der Waals surface area contributed by atoms with E-state index in [1.54, 1.807) is 44.3 Å². The van der Waals surface area contributed by atoms with Gasteiger partial charge in [-0.25, -0.2) is 18.4 Å². The van der Waals surface area contributed by atoms with Crippen molar-refractivity contribution in [2.24, 2.45) is 0 Å². The molecule has 146 valence electrons. The highest BCUT2D eigenvalue weighted by molar-refractivity contribution is 7.92. The molecule has 1 aromatic carbocycles. The Morgan fingerprint density at radius 2 is 1.89 bits per heavy atom. The van der Waals surface area contributed by atoms with Gasteiger partial charge in [-0.05, 0) is 32.9 Å². The maximum Gasteiger partial charge on any atom is 0.180 e. The summed E-state index contributed by atoms with van der Waals surface area (Å²) in [6.07, 6.45) is 7.35. The molecule has 7 nitrogen and oxygen atoms in total. The summed E-state index contributed by atoms with van der Waals surface area (Å²) >= 11 is 0. The van der Waals surface area contributed by atoms with Gasteiger partial charge in [-0.3, -0.25) is 4.68 Å². The summed E-state index contributed by atoms with van der Waals surface area (Å²) in [5.41, 5.74) is 4.85. The summed E-state index contributed by atoms with van der Waals surface area (Å²) in [5.74, 6) is 0. The van der Waals surface area contributed by atoms with Gasteiger partial charge in [0.05, 0.1) is 28.2 Å². The number of hydrogen-bond donors (Lipinski definition) is 1. The minimum Gasteiger partial charge on any atom is -0.344 e. The van der Waals surface area contributed by atoms with Crippen molar-refractivity contribution in [2.75, 3.05) is 0 Å². The predicted octanol–water partition coefficient (Wildman–Crippen LogP) is 3.94. The van der Waals surface area contributed by atoms with Gasteiger partial charge in [0.1, 0.15) is 5.52 Å². The molecule has 0 saturated heterocycles. The highest BCUT2D eigenvalue weighted by Crippen LogP contribution is 2.28. The minimum absolute atomic E-state index is 0. The molecule has 0 bridgehead atoms. The Kier molecular flexibility index (Phi) is 4.50. The molecule has 0 amide bonds. The van der Waals surface area contributed by atoms with Crippen LogP contribution in [0.2, 0.25) is 0 Å². The molecule has 0 atom stereocenters. The second kappa shape index (κ2) is 6.87. The van der Waals surface area contributed by atoms with Gasteiger partial charge in [0.15, 0.2) is 15.5 Å². The zero-order valence-corrected chi connectivity index (χ0v) is 16.7. The minimum atomic E-state index is -3.29. The zero-order chi connectivity index (χ0) is 19.9. The maximum absolute atomic E-state index is 12.3. The van der Waals surface area contributed by atoms with Crippen LogP contribution in [0.3, 0.4) is 0 Å². The molecular weight excluding hydrogens is 374 g/mol. The molecule has 0 radical (unpaired) electrons. The molecule has 3 heterocycles. The summed E-state index contributed by atoms with van der Waals surface area (Å²) < 4.78 is 26.5. The van der Waals surface area contributed by atoms with Crippen molar-refractivity contribution in [1.82, 2.24) is 24.7 Å². The molecule has 3 aromatic heterocycles. The lowest BCUT2D eigenvalue weighted by Gasteiger charge is -2.08. The Bertz CT molecular complexity index is 1240. The monoisotopic (exact) mass is 397 g/mol. The normalized spacial score (nSPS) is 12.1. The number of aromatic amines is 1. The third-order valence-corrected chi connectivity index (χ3v) is 6.92. The van der Waals surface area contributed by atoms with Gasteiger partial charge in [0.25, 0.3) is 0 Å². The van der Waals surface area contributed by atoms with Crippen molar-refractivity contribution in [1.29, 1.82) is 0 Å². The average Bonchev–Trinajstić information content (AvgIpc) is 3.33. The van der Waals surface area contributed by atoms with E-state index in [9.17, 15) is 8.42 Å². The summed E-state index contributed by atoms with van der Waals surface area (Å²) in [4.78, 5) is 12.7. The maximum atomic E-state index is 12.3. The van der Waals surface area contributed by atoms with E-state index in [2.05, 4.69) is 15.1 Å². The molecule has 0 spiro atoms. The Hall–Kier alpha value is -3.00. The smallest absolute Gasteiger partial charge is 0.180 e. The Morgan fingerprint density at radius 1 is 1.14 bits per heavy atom. The van der Waals surface area contributed by atoms with Crippen LogP contribution >= 0.6 is 0 Å². The van der Waals surface area contributed by atoms with E-state index in [1.807, 2.05) is 30.2 Å². The molecule has 0 aliphatic carbocycles. The van der Waals surface area contributed by atoms with Crippen molar-refractivity contribution < 1.29 is 9.84 Å². The van der Waals surface area contributed by atoms with Crippen LogP contribution < -0.4 is 0 Å². The van der Waals surface area contributed by atoms with Crippen LogP contribution in [0.15, 0.2) is 53.9 Å². The largest absolute Gasteiger partial charge is 0.344 e. The molecule has 0 saturated carbocycles. The second-order valence-electron chi connectivity index (χ2n) is 6.86. The first-order valence-electron chi connectivity index (χ1n) is 9.11. The van der Waals surface area contributed by atoms with Gasteiger partial charge in [0.2, 0.25) is 0 Å². The number of aryl methyl sites for hydroxylation is 1. The molecule has 0 aliphatic rings. The molecule has 0 fully saturated rings. The third-order valence-electron chi connectivity index (χ3n) is 4.75. The molecule has 8 heteroatoms. The van der Waals surface area contributed by atoms with Crippen molar-refractivity contribution in [2.45, 2.75) is 37.5 Å². The van der Waals surface area contributed by atoms with Gasteiger partial charge in [0, 0.05) is 37.1 Å². The number of nitrogens with one attached hydrogen (secondary N) is 1. The Labute approximate surface area is 164 Å². The molecule has 0 aliphatic heterocycles. The summed E-state index contributed by atoms with van der Waals surface area (Å²) in [5, 5.41) is 3.87. The number of sulfone groups is 1.